The molecular weight excluding hydrogens is 228 g/mol. The van der Waals surface area contributed by atoms with Gasteiger partial charge in [-0.05, 0) is 26.0 Å². The molecule has 4 heteroatoms. The van der Waals surface area contributed by atoms with Crippen molar-refractivity contribution in [3.63, 3.8) is 0 Å². The lowest BCUT2D eigenvalue weighted by molar-refractivity contribution is -0.132. The van der Waals surface area contributed by atoms with E-state index in [1.165, 1.54) is 0 Å². The number of fused-ring (bicyclic) bond motifs is 1. The Morgan fingerprint density at radius 1 is 1.39 bits per heavy atom. The van der Waals surface area contributed by atoms with Crippen molar-refractivity contribution in [2.24, 2.45) is 0 Å². The second-order valence-corrected chi connectivity index (χ2v) is 4.00. The van der Waals surface area contributed by atoms with Crippen molar-refractivity contribution in [2.75, 3.05) is 19.7 Å². The SMILES string of the molecule is CCN(CC)C(=O)COc1ccc2[c]c[nH]c2c1. The molecule has 0 saturated carbocycles. The van der Waals surface area contributed by atoms with Gasteiger partial charge in [0.2, 0.25) is 0 Å². The summed E-state index contributed by atoms with van der Waals surface area (Å²) in [5, 5.41) is 1.01. The molecule has 0 aliphatic carbocycles. The van der Waals surface area contributed by atoms with Crippen LogP contribution in [0.3, 0.4) is 0 Å². The lowest BCUT2D eigenvalue weighted by Crippen LogP contribution is -2.34. The smallest absolute Gasteiger partial charge is 0.260 e. The van der Waals surface area contributed by atoms with Crippen LogP contribution in [-0.4, -0.2) is 35.5 Å². The number of amides is 1. The number of carbonyl (C=O) groups excluding carboxylic acids is 1. The fourth-order valence-electron chi connectivity index (χ4n) is 1.86. The summed E-state index contributed by atoms with van der Waals surface area (Å²) in [5.74, 6) is 0.706. The fourth-order valence-corrected chi connectivity index (χ4v) is 1.86. The Labute approximate surface area is 107 Å². The van der Waals surface area contributed by atoms with Crippen molar-refractivity contribution in [1.82, 2.24) is 9.88 Å². The summed E-state index contributed by atoms with van der Waals surface area (Å²) in [6.45, 7) is 5.43. The number of carbonyl (C=O) groups is 1. The first-order valence-corrected chi connectivity index (χ1v) is 6.14. The van der Waals surface area contributed by atoms with Crippen molar-refractivity contribution in [3.05, 3.63) is 30.5 Å². The minimum absolute atomic E-state index is 0.0122. The van der Waals surface area contributed by atoms with Gasteiger partial charge in [0.25, 0.3) is 5.91 Å². The number of likely N-dealkylation sites (N-methyl/N-ethyl adjacent to an activating group) is 1. The van der Waals surface area contributed by atoms with Crippen molar-refractivity contribution in [2.45, 2.75) is 13.8 Å². The van der Waals surface area contributed by atoms with Gasteiger partial charge >= 0.3 is 0 Å². The van der Waals surface area contributed by atoms with E-state index < -0.39 is 0 Å². The van der Waals surface area contributed by atoms with Crippen molar-refractivity contribution >= 4 is 16.8 Å². The zero-order chi connectivity index (χ0) is 13.0. The van der Waals surface area contributed by atoms with E-state index >= 15 is 0 Å². The molecule has 2 aromatic rings. The van der Waals surface area contributed by atoms with E-state index in [0.717, 1.165) is 10.9 Å². The first-order chi connectivity index (χ1) is 8.74. The first kappa shape index (κ1) is 12.5. The fraction of sp³-hybridized carbons (Fsp3) is 0.357. The molecule has 18 heavy (non-hydrogen) atoms. The highest BCUT2D eigenvalue weighted by Gasteiger charge is 2.10. The molecule has 1 radical (unpaired) electrons. The number of rotatable bonds is 5. The predicted molar refractivity (Wildman–Crippen MR) is 70.6 cm³/mol. The van der Waals surface area contributed by atoms with E-state index in [0.29, 0.717) is 18.8 Å². The van der Waals surface area contributed by atoms with Gasteiger partial charge in [0.15, 0.2) is 6.61 Å². The molecule has 1 aromatic heterocycles. The van der Waals surface area contributed by atoms with E-state index in [1.807, 2.05) is 32.0 Å². The summed E-state index contributed by atoms with van der Waals surface area (Å²) < 4.78 is 5.50. The van der Waals surface area contributed by atoms with Crippen LogP contribution >= 0.6 is 0 Å². The number of nitrogens with zero attached hydrogens (tertiary/aromatic N) is 1. The van der Waals surface area contributed by atoms with Crippen LogP contribution in [0, 0.1) is 6.07 Å². The third-order valence-electron chi connectivity index (χ3n) is 2.92. The molecular formula is C14H17N2O2. The van der Waals surface area contributed by atoms with E-state index in [-0.39, 0.29) is 12.5 Å². The minimum atomic E-state index is 0.0122. The highest BCUT2D eigenvalue weighted by atomic mass is 16.5. The molecule has 1 heterocycles. The summed E-state index contributed by atoms with van der Waals surface area (Å²) in [7, 11) is 0. The summed E-state index contributed by atoms with van der Waals surface area (Å²) in [6.07, 6.45) is 1.76. The van der Waals surface area contributed by atoms with Gasteiger partial charge in [0, 0.05) is 42.3 Å². The maximum Gasteiger partial charge on any atom is 0.260 e. The average molecular weight is 245 g/mol. The zero-order valence-corrected chi connectivity index (χ0v) is 10.7. The Morgan fingerprint density at radius 2 is 2.17 bits per heavy atom. The van der Waals surface area contributed by atoms with Crippen LogP contribution in [0.15, 0.2) is 24.4 Å². The van der Waals surface area contributed by atoms with E-state index in [9.17, 15) is 4.79 Å². The van der Waals surface area contributed by atoms with Gasteiger partial charge < -0.3 is 14.6 Å². The number of aromatic nitrogens is 1. The number of hydrogen-bond donors (Lipinski definition) is 1. The van der Waals surface area contributed by atoms with Gasteiger partial charge in [-0.25, -0.2) is 0 Å². The maximum atomic E-state index is 11.8. The number of aromatic amines is 1. The molecule has 0 saturated heterocycles. The second-order valence-electron chi connectivity index (χ2n) is 4.00. The Balaban J connectivity index is 1.99. The van der Waals surface area contributed by atoms with E-state index in [2.05, 4.69) is 11.1 Å². The van der Waals surface area contributed by atoms with Crippen molar-refractivity contribution < 1.29 is 9.53 Å². The second kappa shape index (κ2) is 5.58. The molecule has 2 rings (SSSR count). The van der Waals surface area contributed by atoms with Crippen LogP contribution < -0.4 is 4.74 Å². The standard InChI is InChI=1S/C14H17N2O2/c1-3-16(4-2)14(17)10-18-12-6-5-11-7-8-15-13(11)9-12/h5-6,8-9,15H,3-4,10H2,1-2H3. The van der Waals surface area contributed by atoms with Crippen molar-refractivity contribution in [1.29, 1.82) is 0 Å². The molecule has 0 spiro atoms. The maximum absolute atomic E-state index is 11.8. The molecule has 0 atom stereocenters. The van der Waals surface area contributed by atoms with Crippen LogP contribution in [0.1, 0.15) is 13.8 Å². The summed E-state index contributed by atoms with van der Waals surface area (Å²) in [4.78, 5) is 16.6. The molecule has 95 valence electrons. The molecule has 0 bridgehead atoms. The van der Waals surface area contributed by atoms with Crippen LogP contribution in [-0.2, 0) is 4.79 Å². The van der Waals surface area contributed by atoms with Crippen LogP contribution in [0.5, 0.6) is 5.75 Å². The molecule has 1 amide bonds. The molecule has 4 nitrogen and oxygen atoms in total. The normalized spacial score (nSPS) is 10.6. The number of benzene rings is 1. The lowest BCUT2D eigenvalue weighted by Gasteiger charge is -2.18. The molecule has 1 aromatic carbocycles. The predicted octanol–water partition coefficient (Wildman–Crippen LogP) is 2.22. The lowest BCUT2D eigenvalue weighted by atomic mass is 10.2. The highest BCUT2D eigenvalue weighted by molar-refractivity contribution is 5.80. The summed E-state index contributed by atoms with van der Waals surface area (Å²) >= 11 is 0. The molecule has 0 aliphatic heterocycles. The van der Waals surface area contributed by atoms with Gasteiger partial charge in [-0.1, -0.05) is 0 Å². The zero-order valence-electron chi connectivity index (χ0n) is 10.7. The van der Waals surface area contributed by atoms with Crippen LogP contribution in [0.4, 0.5) is 0 Å². The van der Waals surface area contributed by atoms with Crippen molar-refractivity contribution in [3.8, 4) is 5.75 Å². The number of ether oxygens (including phenoxy) is 1. The minimum Gasteiger partial charge on any atom is -0.484 e. The third-order valence-corrected chi connectivity index (χ3v) is 2.92. The topological polar surface area (TPSA) is 45.3 Å². The van der Waals surface area contributed by atoms with Gasteiger partial charge in [0.1, 0.15) is 5.75 Å². The Morgan fingerprint density at radius 3 is 2.89 bits per heavy atom. The number of hydrogen-bond acceptors (Lipinski definition) is 2. The van der Waals surface area contributed by atoms with Gasteiger partial charge in [-0.3, -0.25) is 4.79 Å². The monoisotopic (exact) mass is 245 g/mol. The van der Waals surface area contributed by atoms with Crippen LogP contribution in [0.25, 0.3) is 10.9 Å². The van der Waals surface area contributed by atoms with Gasteiger partial charge in [-0.15, -0.1) is 0 Å². The average Bonchev–Trinajstić information content (AvgIpc) is 2.85. The first-order valence-electron chi connectivity index (χ1n) is 6.14. The van der Waals surface area contributed by atoms with Gasteiger partial charge in [0.05, 0.1) is 0 Å². The quantitative estimate of drug-likeness (QED) is 0.877. The van der Waals surface area contributed by atoms with E-state index in [4.69, 9.17) is 4.74 Å². The molecule has 0 fully saturated rings. The van der Waals surface area contributed by atoms with Crippen LogP contribution in [0.2, 0.25) is 0 Å². The number of nitrogens with one attached hydrogen (secondary N) is 1. The molecule has 0 aliphatic rings. The highest BCUT2D eigenvalue weighted by Crippen LogP contribution is 2.19. The molecule has 1 N–H and O–H groups in total. The number of H-pyrrole nitrogens is 1. The van der Waals surface area contributed by atoms with E-state index in [1.54, 1.807) is 11.1 Å². The summed E-state index contributed by atoms with van der Waals surface area (Å²) in [5.41, 5.74) is 0.961. The third kappa shape index (κ3) is 2.64. The Hall–Kier alpha value is -1.97. The Kier molecular flexibility index (Phi) is 3.87. The summed E-state index contributed by atoms with van der Waals surface area (Å²) in [6, 6.07) is 8.71. The Bertz CT molecular complexity index is 529. The molecule has 0 unspecified atom stereocenters. The van der Waals surface area contributed by atoms with Gasteiger partial charge in [-0.2, -0.15) is 0 Å². The largest absolute Gasteiger partial charge is 0.484 e.